The molecule has 1 N–H and O–H groups in total. The van der Waals surface area contributed by atoms with Gasteiger partial charge in [0.15, 0.2) is 6.10 Å². The number of para-hydroxylation sites is 1. The van der Waals surface area contributed by atoms with E-state index in [0.29, 0.717) is 23.5 Å². The van der Waals surface area contributed by atoms with E-state index in [1.807, 2.05) is 31.4 Å². The maximum absolute atomic E-state index is 13.2. The van der Waals surface area contributed by atoms with Crippen LogP contribution in [0.25, 0.3) is 11.3 Å². The number of hydrogen-bond donors (Lipinski definition) is 1. The number of thiazole rings is 1. The summed E-state index contributed by atoms with van der Waals surface area (Å²) in [5.41, 5.74) is 2.70. The second-order valence-corrected chi connectivity index (χ2v) is 8.75. The summed E-state index contributed by atoms with van der Waals surface area (Å²) in [5, 5.41) is 5.62. The van der Waals surface area contributed by atoms with Crippen LogP contribution in [-0.4, -0.2) is 42.0 Å². The van der Waals surface area contributed by atoms with Crippen molar-refractivity contribution in [3.05, 3.63) is 58.4 Å². The summed E-state index contributed by atoms with van der Waals surface area (Å²) in [4.78, 5) is 44.4. The lowest BCUT2D eigenvalue weighted by atomic mass is 10.1. The Morgan fingerprint density at radius 1 is 1.21 bits per heavy atom. The lowest BCUT2D eigenvalue weighted by Gasteiger charge is -2.34. The Bertz CT molecular complexity index is 1240. The number of esters is 1. The third-order valence-electron chi connectivity index (χ3n) is 5.34. The normalized spacial score (nSPS) is 14.9. The molecule has 34 heavy (non-hydrogen) atoms. The molecule has 1 aliphatic heterocycles. The third-order valence-corrected chi connectivity index (χ3v) is 6.12. The van der Waals surface area contributed by atoms with Crippen LogP contribution >= 0.6 is 11.3 Å². The molecule has 8 nitrogen and oxygen atoms in total. The molecule has 0 bridgehead atoms. The molecule has 0 saturated carbocycles. The van der Waals surface area contributed by atoms with Crippen molar-refractivity contribution in [1.29, 1.82) is 0 Å². The molecular formula is C25H25N3O5S. The molecule has 9 heteroatoms. The van der Waals surface area contributed by atoms with Gasteiger partial charge in [-0.05, 0) is 50.6 Å². The topological polar surface area (TPSA) is 97.8 Å². The minimum Gasteiger partial charge on any atom is -0.478 e. The Hall–Kier alpha value is -3.72. The number of nitrogens with one attached hydrogen (secondary N) is 1. The monoisotopic (exact) mass is 479 g/mol. The molecule has 1 unspecified atom stereocenters. The van der Waals surface area contributed by atoms with E-state index in [1.54, 1.807) is 37.3 Å². The summed E-state index contributed by atoms with van der Waals surface area (Å²) in [6, 6.07) is 12.1. The van der Waals surface area contributed by atoms with Gasteiger partial charge in [-0.15, -0.1) is 11.3 Å². The average molecular weight is 480 g/mol. The van der Waals surface area contributed by atoms with E-state index in [4.69, 9.17) is 9.47 Å². The highest BCUT2D eigenvalue weighted by atomic mass is 32.1. The first-order valence-electron chi connectivity index (χ1n) is 11.0. The van der Waals surface area contributed by atoms with E-state index >= 15 is 0 Å². The number of benzene rings is 2. The summed E-state index contributed by atoms with van der Waals surface area (Å²) in [6.45, 7) is 5.48. The molecule has 2 heterocycles. The van der Waals surface area contributed by atoms with Crippen LogP contribution in [0.4, 0.5) is 11.4 Å². The Balaban J connectivity index is 1.62. The second kappa shape index (κ2) is 10.0. The highest BCUT2D eigenvalue weighted by Gasteiger charge is 2.35. The predicted octanol–water partition coefficient (Wildman–Crippen LogP) is 4.44. The van der Waals surface area contributed by atoms with Crippen molar-refractivity contribution in [2.24, 2.45) is 0 Å². The lowest BCUT2D eigenvalue weighted by Crippen LogP contribution is -2.48. The molecule has 0 radical (unpaired) electrons. The Morgan fingerprint density at radius 2 is 2.00 bits per heavy atom. The molecule has 0 fully saturated rings. The largest absolute Gasteiger partial charge is 0.478 e. The van der Waals surface area contributed by atoms with Gasteiger partial charge in [0, 0.05) is 10.9 Å². The van der Waals surface area contributed by atoms with Crippen LogP contribution in [0.5, 0.6) is 5.75 Å². The first-order chi connectivity index (χ1) is 16.4. The van der Waals surface area contributed by atoms with E-state index in [2.05, 4.69) is 10.3 Å². The molecule has 4 rings (SSSR count). The van der Waals surface area contributed by atoms with E-state index in [-0.39, 0.29) is 24.6 Å². The molecule has 1 aliphatic rings. The first-order valence-corrected chi connectivity index (χ1v) is 11.9. The third kappa shape index (κ3) is 4.79. The van der Waals surface area contributed by atoms with E-state index in [0.717, 1.165) is 16.3 Å². The van der Waals surface area contributed by atoms with Gasteiger partial charge in [-0.3, -0.25) is 14.5 Å². The summed E-state index contributed by atoms with van der Waals surface area (Å²) in [7, 11) is 0. The van der Waals surface area contributed by atoms with Crippen LogP contribution in [0.3, 0.4) is 0 Å². The highest BCUT2D eigenvalue weighted by Crippen LogP contribution is 2.38. The quantitative estimate of drug-likeness (QED) is 0.503. The summed E-state index contributed by atoms with van der Waals surface area (Å²) in [5.74, 6) is -0.736. The number of anilines is 2. The number of rotatable bonds is 7. The van der Waals surface area contributed by atoms with Gasteiger partial charge in [0.25, 0.3) is 5.91 Å². The molecular weight excluding hydrogens is 454 g/mol. The fourth-order valence-electron chi connectivity index (χ4n) is 3.71. The fraction of sp³-hybridized carbons (Fsp3) is 0.280. The zero-order valence-corrected chi connectivity index (χ0v) is 20.0. The van der Waals surface area contributed by atoms with Crippen LogP contribution in [0.2, 0.25) is 0 Å². The average Bonchev–Trinajstić information content (AvgIpc) is 3.27. The fourth-order valence-corrected chi connectivity index (χ4v) is 4.33. The smallest absolute Gasteiger partial charge is 0.340 e. The molecule has 2 amide bonds. The van der Waals surface area contributed by atoms with Crippen LogP contribution in [-0.2, 0) is 14.3 Å². The van der Waals surface area contributed by atoms with Crippen molar-refractivity contribution in [3.8, 4) is 17.0 Å². The zero-order chi connectivity index (χ0) is 24.2. The van der Waals surface area contributed by atoms with Crippen molar-refractivity contribution in [3.63, 3.8) is 0 Å². The molecule has 2 aromatic carbocycles. The van der Waals surface area contributed by atoms with Gasteiger partial charge < -0.3 is 14.8 Å². The molecule has 1 aromatic heterocycles. The van der Waals surface area contributed by atoms with E-state index in [9.17, 15) is 14.4 Å². The van der Waals surface area contributed by atoms with Gasteiger partial charge in [-0.25, -0.2) is 9.78 Å². The second-order valence-electron chi connectivity index (χ2n) is 7.69. The minimum absolute atomic E-state index is 0.222. The van der Waals surface area contributed by atoms with Gasteiger partial charge in [0.2, 0.25) is 5.91 Å². The standard InChI is InChI=1S/C25H25N3O5S/c1-4-21-24(30)28(13-23(29)27-18-9-7-6-8-17(18)25(31)32-5-2)20-12-16(10-11-22(20)33-21)19-14-34-15(3)26-19/h6-12,14,21H,4-5,13H2,1-3H3,(H,27,29). The molecule has 0 saturated heterocycles. The number of fused-ring (bicyclic) bond motifs is 1. The Morgan fingerprint density at radius 3 is 2.71 bits per heavy atom. The SMILES string of the molecule is CCOC(=O)c1ccccc1NC(=O)CN1C(=O)C(CC)Oc2ccc(-c3csc(C)n3)cc21. The highest BCUT2D eigenvalue weighted by molar-refractivity contribution is 7.09. The number of hydrogen-bond acceptors (Lipinski definition) is 7. The zero-order valence-electron chi connectivity index (χ0n) is 19.2. The number of aromatic nitrogens is 1. The lowest BCUT2D eigenvalue weighted by molar-refractivity contribution is -0.128. The van der Waals surface area contributed by atoms with E-state index < -0.39 is 18.0 Å². The molecule has 176 valence electrons. The number of carbonyl (C=O) groups is 3. The van der Waals surface area contributed by atoms with Crippen LogP contribution in [0.1, 0.15) is 35.6 Å². The van der Waals surface area contributed by atoms with Crippen molar-refractivity contribution in [2.45, 2.75) is 33.3 Å². The summed E-state index contributed by atoms with van der Waals surface area (Å²) in [6.07, 6.45) is -0.214. The first kappa shape index (κ1) is 23.4. The number of carbonyl (C=O) groups excluding carboxylic acids is 3. The number of ether oxygens (including phenoxy) is 2. The number of aryl methyl sites for hydroxylation is 1. The van der Waals surface area contributed by atoms with Crippen molar-refractivity contribution in [2.75, 3.05) is 23.4 Å². The molecule has 0 aliphatic carbocycles. The van der Waals surface area contributed by atoms with Crippen molar-refractivity contribution >= 4 is 40.5 Å². The van der Waals surface area contributed by atoms with Crippen molar-refractivity contribution < 1.29 is 23.9 Å². The molecule has 3 aromatic rings. The van der Waals surface area contributed by atoms with Gasteiger partial charge in [-0.1, -0.05) is 19.1 Å². The maximum Gasteiger partial charge on any atom is 0.340 e. The summed E-state index contributed by atoms with van der Waals surface area (Å²) < 4.78 is 11.0. The predicted molar refractivity (Wildman–Crippen MR) is 130 cm³/mol. The number of amides is 2. The summed E-state index contributed by atoms with van der Waals surface area (Å²) >= 11 is 1.54. The minimum atomic E-state index is -0.681. The van der Waals surface area contributed by atoms with Gasteiger partial charge in [0.1, 0.15) is 12.3 Å². The Labute approximate surface area is 201 Å². The van der Waals surface area contributed by atoms with Crippen LogP contribution in [0, 0.1) is 6.92 Å². The molecule has 0 spiro atoms. The number of nitrogens with zero attached hydrogens (tertiary/aromatic N) is 2. The maximum atomic E-state index is 13.2. The van der Waals surface area contributed by atoms with Gasteiger partial charge in [0.05, 0.1) is 34.2 Å². The van der Waals surface area contributed by atoms with Crippen LogP contribution in [0.15, 0.2) is 47.8 Å². The van der Waals surface area contributed by atoms with Crippen LogP contribution < -0.4 is 15.0 Å². The van der Waals surface area contributed by atoms with Gasteiger partial charge >= 0.3 is 5.97 Å². The van der Waals surface area contributed by atoms with Gasteiger partial charge in [-0.2, -0.15) is 0 Å². The van der Waals surface area contributed by atoms with Crippen molar-refractivity contribution in [1.82, 2.24) is 4.98 Å². The van der Waals surface area contributed by atoms with E-state index in [1.165, 1.54) is 16.2 Å². The Kier molecular flexibility index (Phi) is 6.93. The molecule has 1 atom stereocenters.